The predicted octanol–water partition coefficient (Wildman–Crippen LogP) is 2.67. The first-order valence-corrected chi connectivity index (χ1v) is 7.64. The molecule has 0 atom stereocenters. The van der Waals surface area contributed by atoms with Crippen LogP contribution in [0.2, 0.25) is 0 Å². The number of pyridine rings is 1. The summed E-state index contributed by atoms with van der Waals surface area (Å²) < 4.78 is 8.98. The summed E-state index contributed by atoms with van der Waals surface area (Å²) >= 11 is 0. The molecule has 0 saturated heterocycles. The molecule has 3 rings (SSSR count). The Morgan fingerprint density at radius 1 is 1.17 bits per heavy atom. The third-order valence-corrected chi connectivity index (χ3v) is 4.15. The lowest BCUT2D eigenvalue weighted by Gasteiger charge is -2.09. The number of nitrogens with zero attached hydrogens (tertiary/aromatic N) is 3. The third kappa shape index (κ3) is 2.80. The Morgan fingerprint density at radius 2 is 1.96 bits per heavy atom. The summed E-state index contributed by atoms with van der Waals surface area (Å²) in [6, 6.07) is 8.15. The number of rotatable bonds is 4. The van der Waals surface area contributed by atoms with E-state index < -0.39 is 0 Å². The summed E-state index contributed by atoms with van der Waals surface area (Å²) in [5.41, 5.74) is 4.95. The van der Waals surface area contributed by atoms with Crippen LogP contribution in [0.15, 0.2) is 35.3 Å². The number of imidazole rings is 1. The Hall–Kier alpha value is -2.40. The van der Waals surface area contributed by atoms with Gasteiger partial charge in [0.25, 0.3) is 5.56 Å². The number of benzene rings is 1. The molecule has 0 unspecified atom stereocenters. The molecule has 2 aromatic heterocycles. The summed E-state index contributed by atoms with van der Waals surface area (Å²) in [4.78, 5) is 16.5. The average molecular weight is 311 g/mol. The van der Waals surface area contributed by atoms with Gasteiger partial charge in [0.15, 0.2) is 0 Å². The first kappa shape index (κ1) is 15.5. The van der Waals surface area contributed by atoms with Crippen molar-refractivity contribution in [2.75, 3.05) is 13.7 Å². The number of hydrogen-bond donors (Lipinski definition) is 0. The van der Waals surface area contributed by atoms with Crippen LogP contribution in [0.4, 0.5) is 0 Å². The lowest BCUT2D eigenvalue weighted by atomic mass is 10.1. The van der Waals surface area contributed by atoms with Crippen molar-refractivity contribution in [3.8, 4) is 11.1 Å². The van der Waals surface area contributed by atoms with E-state index in [9.17, 15) is 4.79 Å². The average Bonchev–Trinajstić information content (AvgIpc) is 2.84. The number of hydrogen-bond acceptors (Lipinski definition) is 3. The van der Waals surface area contributed by atoms with Gasteiger partial charge in [-0.2, -0.15) is 0 Å². The molecule has 23 heavy (non-hydrogen) atoms. The molecule has 3 aromatic rings. The van der Waals surface area contributed by atoms with Crippen molar-refractivity contribution < 1.29 is 4.74 Å². The first-order chi connectivity index (χ1) is 11.0. The van der Waals surface area contributed by atoms with Crippen molar-refractivity contribution in [3.05, 3.63) is 52.2 Å². The van der Waals surface area contributed by atoms with Crippen molar-refractivity contribution in [1.29, 1.82) is 0 Å². The highest BCUT2D eigenvalue weighted by atomic mass is 16.5. The quantitative estimate of drug-likeness (QED) is 0.744. The molecular weight excluding hydrogens is 290 g/mol. The number of fused-ring (bicyclic) bond motifs is 1. The van der Waals surface area contributed by atoms with Crippen LogP contribution >= 0.6 is 0 Å². The number of ether oxygens (including phenoxy) is 1. The summed E-state index contributed by atoms with van der Waals surface area (Å²) in [6.45, 7) is 5.27. The van der Waals surface area contributed by atoms with E-state index in [4.69, 9.17) is 4.74 Å². The summed E-state index contributed by atoms with van der Waals surface area (Å²) in [5, 5.41) is 0. The second-order valence-electron chi connectivity index (χ2n) is 5.83. The molecule has 5 heteroatoms. The zero-order valence-electron chi connectivity index (χ0n) is 14.0. The maximum atomic E-state index is 11.9. The molecule has 0 saturated carbocycles. The summed E-state index contributed by atoms with van der Waals surface area (Å²) in [5.74, 6) is 0.978. The van der Waals surface area contributed by atoms with Gasteiger partial charge in [-0.1, -0.05) is 6.07 Å². The Bertz CT molecular complexity index is 896. The highest BCUT2D eigenvalue weighted by molar-refractivity contribution is 5.82. The van der Waals surface area contributed by atoms with E-state index in [-0.39, 0.29) is 5.56 Å². The van der Waals surface area contributed by atoms with Crippen LogP contribution in [0.25, 0.3) is 22.2 Å². The minimum atomic E-state index is 0.0378. The van der Waals surface area contributed by atoms with Crippen LogP contribution in [-0.2, 0) is 18.3 Å². The summed E-state index contributed by atoms with van der Waals surface area (Å²) in [7, 11) is 3.48. The van der Waals surface area contributed by atoms with E-state index in [1.54, 1.807) is 18.7 Å². The largest absolute Gasteiger partial charge is 0.383 e. The standard InChI is InChI=1S/C18H21N3O2/c1-12-9-15(11-20(3)18(12)22)14-5-6-16-17(10-14)21(7-8-23-4)13(2)19-16/h5-6,9-11H,7-8H2,1-4H3. The van der Waals surface area contributed by atoms with Gasteiger partial charge in [-0.05, 0) is 43.2 Å². The van der Waals surface area contributed by atoms with Crippen molar-refractivity contribution in [2.45, 2.75) is 20.4 Å². The molecule has 2 heterocycles. The Morgan fingerprint density at radius 3 is 2.65 bits per heavy atom. The molecule has 0 bridgehead atoms. The molecular formula is C18H21N3O2. The number of methoxy groups -OCH3 is 1. The molecule has 0 aliphatic heterocycles. The minimum absolute atomic E-state index is 0.0378. The van der Waals surface area contributed by atoms with Crippen LogP contribution in [0.5, 0.6) is 0 Å². The van der Waals surface area contributed by atoms with Gasteiger partial charge < -0.3 is 13.9 Å². The minimum Gasteiger partial charge on any atom is -0.383 e. The smallest absolute Gasteiger partial charge is 0.253 e. The Labute approximate surface area is 135 Å². The zero-order chi connectivity index (χ0) is 16.6. The lowest BCUT2D eigenvalue weighted by molar-refractivity contribution is 0.187. The topological polar surface area (TPSA) is 49.1 Å². The van der Waals surface area contributed by atoms with Gasteiger partial charge in [-0.3, -0.25) is 4.79 Å². The highest BCUT2D eigenvalue weighted by Crippen LogP contribution is 2.25. The molecule has 0 N–H and O–H groups in total. The normalized spacial score (nSPS) is 11.3. The molecule has 0 spiro atoms. The van der Waals surface area contributed by atoms with E-state index in [1.807, 2.05) is 32.2 Å². The molecule has 0 amide bonds. The van der Waals surface area contributed by atoms with E-state index in [2.05, 4.69) is 21.7 Å². The fourth-order valence-corrected chi connectivity index (χ4v) is 2.92. The highest BCUT2D eigenvalue weighted by Gasteiger charge is 2.10. The third-order valence-electron chi connectivity index (χ3n) is 4.15. The molecule has 120 valence electrons. The van der Waals surface area contributed by atoms with Gasteiger partial charge in [0.1, 0.15) is 5.82 Å². The van der Waals surface area contributed by atoms with Gasteiger partial charge in [0.05, 0.1) is 17.6 Å². The Balaban J connectivity index is 2.14. The van der Waals surface area contributed by atoms with Crippen LogP contribution in [0.1, 0.15) is 11.4 Å². The second kappa shape index (κ2) is 6.01. The molecule has 0 radical (unpaired) electrons. The van der Waals surface area contributed by atoms with Crippen molar-refractivity contribution in [1.82, 2.24) is 14.1 Å². The van der Waals surface area contributed by atoms with Crippen LogP contribution in [0.3, 0.4) is 0 Å². The fourth-order valence-electron chi connectivity index (χ4n) is 2.92. The van der Waals surface area contributed by atoms with Crippen LogP contribution < -0.4 is 5.56 Å². The number of aryl methyl sites for hydroxylation is 3. The van der Waals surface area contributed by atoms with E-state index in [0.717, 1.165) is 40.1 Å². The van der Waals surface area contributed by atoms with E-state index in [0.29, 0.717) is 6.61 Å². The molecule has 5 nitrogen and oxygen atoms in total. The molecule has 0 fully saturated rings. The van der Waals surface area contributed by atoms with Crippen molar-refractivity contribution in [3.63, 3.8) is 0 Å². The van der Waals surface area contributed by atoms with Gasteiger partial charge in [0.2, 0.25) is 0 Å². The van der Waals surface area contributed by atoms with Gasteiger partial charge in [-0.25, -0.2) is 4.98 Å². The second-order valence-corrected chi connectivity index (χ2v) is 5.83. The Kier molecular flexibility index (Phi) is 4.05. The summed E-state index contributed by atoms with van der Waals surface area (Å²) in [6.07, 6.45) is 1.87. The lowest BCUT2D eigenvalue weighted by Crippen LogP contribution is -2.18. The predicted molar refractivity (Wildman–Crippen MR) is 91.8 cm³/mol. The van der Waals surface area contributed by atoms with Crippen LogP contribution in [-0.4, -0.2) is 27.8 Å². The van der Waals surface area contributed by atoms with Crippen molar-refractivity contribution >= 4 is 11.0 Å². The van der Waals surface area contributed by atoms with E-state index >= 15 is 0 Å². The molecule has 1 aromatic carbocycles. The van der Waals surface area contributed by atoms with Gasteiger partial charge in [-0.15, -0.1) is 0 Å². The maximum Gasteiger partial charge on any atom is 0.253 e. The maximum absolute atomic E-state index is 11.9. The van der Waals surface area contributed by atoms with Gasteiger partial charge >= 0.3 is 0 Å². The van der Waals surface area contributed by atoms with E-state index in [1.165, 1.54) is 0 Å². The monoisotopic (exact) mass is 311 g/mol. The first-order valence-electron chi connectivity index (χ1n) is 7.64. The van der Waals surface area contributed by atoms with Crippen LogP contribution in [0, 0.1) is 13.8 Å². The fraction of sp³-hybridized carbons (Fsp3) is 0.333. The SMILES string of the molecule is COCCn1c(C)nc2ccc(-c3cc(C)c(=O)n(C)c3)cc21. The molecule has 0 aliphatic rings. The zero-order valence-corrected chi connectivity index (χ0v) is 14.0. The molecule has 0 aliphatic carbocycles. The number of aromatic nitrogens is 3. The van der Waals surface area contributed by atoms with Crippen molar-refractivity contribution in [2.24, 2.45) is 7.05 Å². The van der Waals surface area contributed by atoms with Gasteiger partial charge in [0, 0.05) is 32.5 Å².